The van der Waals surface area contributed by atoms with Crippen molar-refractivity contribution in [2.75, 3.05) is 30.4 Å². The first-order valence-corrected chi connectivity index (χ1v) is 11.5. The highest BCUT2D eigenvalue weighted by Gasteiger charge is 2.20. The molecule has 0 atom stereocenters. The molecule has 4 rings (SSSR count). The van der Waals surface area contributed by atoms with E-state index in [2.05, 4.69) is 50.4 Å². The number of aliphatic imine (C=N–C) groups is 1. The quantitative estimate of drug-likeness (QED) is 0.466. The monoisotopic (exact) mass is 436 g/mol. The molecule has 3 aromatic heterocycles. The lowest BCUT2D eigenvalue weighted by Crippen LogP contribution is -2.32. The van der Waals surface area contributed by atoms with Gasteiger partial charge in [-0.25, -0.2) is 19.9 Å². The van der Waals surface area contributed by atoms with Gasteiger partial charge in [0, 0.05) is 56.2 Å². The van der Waals surface area contributed by atoms with Crippen LogP contribution in [0.15, 0.2) is 34.8 Å². The van der Waals surface area contributed by atoms with E-state index < -0.39 is 0 Å². The predicted octanol–water partition coefficient (Wildman–Crippen LogP) is 3.69. The maximum Gasteiger partial charge on any atom is 0.197 e. The molecule has 0 unspecified atom stereocenters. The minimum absolute atomic E-state index is 0.344. The van der Waals surface area contributed by atoms with Gasteiger partial charge in [-0.15, -0.1) is 11.3 Å². The van der Waals surface area contributed by atoms with Crippen molar-refractivity contribution in [2.24, 2.45) is 4.99 Å². The fourth-order valence-electron chi connectivity index (χ4n) is 3.44. The highest BCUT2D eigenvalue weighted by atomic mass is 32.1. The molecule has 0 radical (unpaired) electrons. The molecule has 2 N–H and O–H groups in total. The molecule has 0 fully saturated rings. The van der Waals surface area contributed by atoms with Gasteiger partial charge in [-0.3, -0.25) is 4.99 Å². The molecule has 0 aliphatic carbocycles. The first kappa shape index (κ1) is 21.2. The Morgan fingerprint density at radius 2 is 2.10 bits per heavy atom. The number of aromatic nitrogens is 4. The lowest BCUT2D eigenvalue weighted by Gasteiger charge is -2.29. The van der Waals surface area contributed by atoms with Gasteiger partial charge in [0.2, 0.25) is 0 Å². The van der Waals surface area contributed by atoms with Crippen molar-refractivity contribution >= 4 is 28.2 Å². The van der Waals surface area contributed by atoms with Crippen molar-refractivity contribution in [3.05, 3.63) is 46.9 Å². The highest BCUT2D eigenvalue weighted by Crippen LogP contribution is 2.27. The molecule has 0 amide bonds. The third-order valence-electron chi connectivity index (χ3n) is 5.09. The van der Waals surface area contributed by atoms with Crippen LogP contribution in [0.2, 0.25) is 0 Å². The number of fused-ring (bicyclic) bond motifs is 1. The molecule has 0 aromatic carbocycles. The predicted molar refractivity (Wildman–Crippen MR) is 127 cm³/mol. The summed E-state index contributed by atoms with van der Waals surface area (Å²) in [7, 11) is 1.75. The molecular formula is C22H28N8S. The van der Waals surface area contributed by atoms with Gasteiger partial charge in [0.25, 0.3) is 0 Å². The van der Waals surface area contributed by atoms with Crippen LogP contribution in [0.25, 0.3) is 11.4 Å². The second-order valence-electron chi connectivity index (χ2n) is 7.67. The van der Waals surface area contributed by atoms with E-state index in [0.29, 0.717) is 11.9 Å². The van der Waals surface area contributed by atoms with Crippen LogP contribution in [0, 0.1) is 0 Å². The van der Waals surface area contributed by atoms with E-state index in [9.17, 15) is 0 Å². The summed E-state index contributed by atoms with van der Waals surface area (Å²) in [6, 6.07) is 6.09. The van der Waals surface area contributed by atoms with Gasteiger partial charge in [0.15, 0.2) is 11.1 Å². The zero-order valence-corrected chi connectivity index (χ0v) is 19.2. The van der Waals surface area contributed by atoms with Gasteiger partial charge >= 0.3 is 0 Å². The molecule has 3 aromatic rings. The average Bonchev–Trinajstić information content (AvgIpc) is 3.26. The van der Waals surface area contributed by atoms with E-state index in [-0.39, 0.29) is 0 Å². The fraction of sp³-hybridized carbons (Fsp3) is 0.409. The molecule has 0 bridgehead atoms. The number of hydrogen-bond acceptors (Lipinski definition) is 7. The van der Waals surface area contributed by atoms with Gasteiger partial charge in [-0.05, 0) is 19.1 Å². The van der Waals surface area contributed by atoms with Gasteiger partial charge in [-0.1, -0.05) is 19.9 Å². The molecule has 9 heteroatoms. The van der Waals surface area contributed by atoms with E-state index in [1.165, 1.54) is 16.9 Å². The van der Waals surface area contributed by atoms with Gasteiger partial charge < -0.3 is 15.5 Å². The summed E-state index contributed by atoms with van der Waals surface area (Å²) in [4.78, 5) is 25.4. The number of anilines is 2. The number of hydrogen-bond donors (Lipinski definition) is 2. The zero-order chi connectivity index (χ0) is 21.8. The third-order valence-corrected chi connectivity index (χ3v) is 5.84. The Balaban J connectivity index is 1.50. The van der Waals surface area contributed by atoms with E-state index in [4.69, 9.17) is 9.97 Å². The second kappa shape index (κ2) is 9.38. The van der Waals surface area contributed by atoms with Crippen LogP contribution in [0.1, 0.15) is 43.8 Å². The van der Waals surface area contributed by atoms with Crippen LogP contribution in [-0.2, 0) is 13.0 Å². The average molecular weight is 437 g/mol. The van der Waals surface area contributed by atoms with Crippen LogP contribution in [0.5, 0.6) is 0 Å². The summed E-state index contributed by atoms with van der Waals surface area (Å²) >= 11 is 1.54. The molecule has 0 saturated heterocycles. The summed E-state index contributed by atoms with van der Waals surface area (Å²) in [6.07, 6.45) is 2.88. The Morgan fingerprint density at radius 1 is 1.23 bits per heavy atom. The highest BCUT2D eigenvalue weighted by molar-refractivity contribution is 7.14. The Kier molecular flexibility index (Phi) is 6.41. The zero-order valence-electron chi connectivity index (χ0n) is 18.4. The molecular weight excluding hydrogens is 408 g/mol. The van der Waals surface area contributed by atoms with Crippen molar-refractivity contribution in [3.63, 3.8) is 0 Å². The maximum atomic E-state index is 4.89. The third kappa shape index (κ3) is 4.82. The summed E-state index contributed by atoms with van der Waals surface area (Å²) < 4.78 is 0. The summed E-state index contributed by atoms with van der Waals surface area (Å²) in [5.74, 6) is 2.92. The van der Waals surface area contributed by atoms with E-state index in [1.54, 1.807) is 7.05 Å². The van der Waals surface area contributed by atoms with Crippen LogP contribution >= 0.6 is 11.3 Å². The smallest absolute Gasteiger partial charge is 0.197 e. The van der Waals surface area contributed by atoms with Gasteiger partial charge in [0.1, 0.15) is 17.3 Å². The first-order chi connectivity index (χ1) is 15.1. The van der Waals surface area contributed by atoms with E-state index in [0.717, 1.165) is 59.9 Å². The molecule has 1 aliphatic heterocycles. The van der Waals surface area contributed by atoms with Crippen LogP contribution in [-0.4, -0.2) is 46.0 Å². The summed E-state index contributed by atoms with van der Waals surface area (Å²) in [6.45, 7) is 8.74. The topological polar surface area (TPSA) is 91.2 Å². The lowest BCUT2D eigenvalue weighted by atomic mass is 10.1. The molecule has 0 saturated carbocycles. The summed E-state index contributed by atoms with van der Waals surface area (Å²) in [5.41, 5.74) is 4.05. The number of guanidine groups is 1. The Morgan fingerprint density at radius 3 is 2.87 bits per heavy atom. The van der Waals surface area contributed by atoms with Crippen LogP contribution in [0.3, 0.4) is 0 Å². The van der Waals surface area contributed by atoms with E-state index in [1.807, 2.05) is 30.6 Å². The van der Waals surface area contributed by atoms with Crippen molar-refractivity contribution in [1.82, 2.24) is 25.3 Å². The Bertz CT molecular complexity index is 1070. The van der Waals surface area contributed by atoms with Crippen LogP contribution in [0.4, 0.5) is 10.9 Å². The second-order valence-corrected chi connectivity index (χ2v) is 8.53. The van der Waals surface area contributed by atoms with Crippen molar-refractivity contribution in [1.29, 1.82) is 0 Å². The van der Waals surface area contributed by atoms with Gasteiger partial charge in [0.05, 0.1) is 11.4 Å². The van der Waals surface area contributed by atoms with Crippen molar-refractivity contribution in [2.45, 2.75) is 39.7 Å². The SMILES string of the molecule is CCNC(=NC)Nc1nc(-c2cccc(N3CCc4nc(C(C)C)ncc4C3)n2)cs1. The Labute approximate surface area is 186 Å². The molecule has 4 heterocycles. The molecule has 31 heavy (non-hydrogen) atoms. The largest absolute Gasteiger partial charge is 0.356 e. The lowest BCUT2D eigenvalue weighted by molar-refractivity contribution is 0.671. The summed E-state index contributed by atoms with van der Waals surface area (Å²) in [5, 5.41) is 9.19. The minimum Gasteiger partial charge on any atom is -0.356 e. The number of rotatable bonds is 5. The number of pyridine rings is 1. The number of thiazole rings is 1. The fourth-order valence-corrected chi connectivity index (χ4v) is 4.15. The minimum atomic E-state index is 0.344. The Hall–Kier alpha value is -3.07. The normalized spacial score (nSPS) is 14.0. The van der Waals surface area contributed by atoms with Gasteiger partial charge in [-0.2, -0.15) is 0 Å². The molecule has 1 aliphatic rings. The number of nitrogens with one attached hydrogen (secondary N) is 2. The van der Waals surface area contributed by atoms with Crippen molar-refractivity contribution in [3.8, 4) is 11.4 Å². The maximum absolute atomic E-state index is 4.89. The van der Waals surface area contributed by atoms with E-state index >= 15 is 0 Å². The molecule has 162 valence electrons. The van der Waals surface area contributed by atoms with Crippen molar-refractivity contribution < 1.29 is 0 Å². The number of nitrogens with zero attached hydrogens (tertiary/aromatic N) is 6. The standard InChI is InChI=1S/C22H28N8S/c1-5-24-21(23-4)29-22-28-18(13-31-22)17-7-6-8-19(26-17)30-10-9-16-15(12-30)11-25-20(27-16)14(2)3/h6-8,11,13-14H,5,9-10,12H2,1-4H3,(H2,23,24,28,29). The van der Waals surface area contributed by atoms with Crippen LogP contribution < -0.4 is 15.5 Å². The first-order valence-electron chi connectivity index (χ1n) is 10.6. The molecule has 0 spiro atoms. The molecule has 8 nitrogen and oxygen atoms in total.